The largest absolute Gasteiger partial charge is 0.489 e. The summed E-state index contributed by atoms with van der Waals surface area (Å²) in [5.41, 5.74) is 11.2. The molecule has 0 bridgehead atoms. The molecule has 2 rings (SSSR count). The van der Waals surface area contributed by atoms with Gasteiger partial charge in [0.05, 0.1) is 0 Å². The van der Waals surface area contributed by atoms with Gasteiger partial charge in [0, 0.05) is 5.56 Å². The Morgan fingerprint density at radius 3 is 2.35 bits per heavy atom. The molecule has 0 spiro atoms. The van der Waals surface area contributed by atoms with Gasteiger partial charge in [-0.2, -0.15) is 0 Å². The van der Waals surface area contributed by atoms with E-state index in [0.717, 1.165) is 16.9 Å². The second-order valence-electron chi connectivity index (χ2n) is 5.05. The number of nitrogens with two attached hydrogens (primary N) is 1. The molecule has 0 heterocycles. The van der Waals surface area contributed by atoms with Crippen LogP contribution in [0.5, 0.6) is 5.75 Å². The zero-order valence-corrected chi connectivity index (χ0v) is 12.9. The van der Waals surface area contributed by atoms with Crippen molar-refractivity contribution in [3.05, 3.63) is 64.2 Å². The summed E-state index contributed by atoms with van der Waals surface area (Å²) in [5.74, 6) is 0.945. The van der Waals surface area contributed by atoms with Crippen LogP contribution in [0.1, 0.15) is 27.8 Å². The Kier molecular flexibility index (Phi) is 4.40. The van der Waals surface area contributed by atoms with Gasteiger partial charge in [0.25, 0.3) is 0 Å². The van der Waals surface area contributed by atoms with Gasteiger partial charge in [0.1, 0.15) is 17.3 Å². The lowest BCUT2D eigenvalue weighted by Crippen LogP contribution is -2.09. The summed E-state index contributed by atoms with van der Waals surface area (Å²) in [4.78, 5) is 0.419. The van der Waals surface area contributed by atoms with E-state index < -0.39 is 0 Å². The Hall–Kier alpha value is -1.87. The third kappa shape index (κ3) is 3.36. The van der Waals surface area contributed by atoms with Gasteiger partial charge in [-0.05, 0) is 49.1 Å². The Morgan fingerprint density at radius 1 is 1.10 bits per heavy atom. The predicted molar refractivity (Wildman–Crippen MR) is 87.3 cm³/mol. The molecule has 0 radical (unpaired) electrons. The van der Waals surface area contributed by atoms with Crippen molar-refractivity contribution in [1.82, 2.24) is 0 Å². The lowest BCUT2D eigenvalue weighted by atomic mass is 10.1. The zero-order valence-electron chi connectivity index (χ0n) is 12.1. The van der Waals surface area contributed by atoms with Crippen molar-refractivity contribution < 1.29 is 4.74 Å². The first kappa shape index (κ1) is 14.5. The van der Waals surface area contributed by atoms with Crippen LogP contribution < -0.4 is 10.5 Å². The highest BCUT2D eigenvalue weighted by Gasteiger charge is 2.04. The number of rotatable bonds is 4. The molecule has 0 saturated heterocycles. The van der Waals surface area contributed by atoms with Gasteiger partial charge in [-0.15, -0.1) is 0 Å². The highest BCUT2D eigenvalue weighted by molar-refractivity contribution is 7.80. The van der Waals surface area contributed by atoms with Gasteiger partial charge < -0.3 is 10.5 Å². The first-order chi connectivity index (χ1) is 9.47. The van der Waals surface area contributed by atoms with Crippen molar-refractivity contribution in [3.63, 3.8) is 0 Å². The molecule has 2 nitrogen and oxygen atoms in total. The SMILES string of the molecule is Cc1cc(C)c(C)c(OCc2ccc(C(N)=S)cc2)c1. The van der Waals surface area contributed by atoms with Crippen molar-refractivity contribution >= 4 is 17.2 Å². The van der Waals surface area contributed by atoms with Gasteiger partial charge in [-0.25, -0.2) is 0 Å². The highest BCUT2D eigenvalue weighted by Crippen LogP contribution is 2.24. The Labute approximate surface area is 125 Å². The normalized spacial score (nSPS) is 10.3. The molecule has 0 aliphatic carbocycles. The summed E-state index contributed by atoms with van der Waals surface area (Å²) < 4.78 is 5.92. The molecule has 20 heavy (non-hydrogen) atoms. The predicted octanol–water partition coefficient (Wildman–Crippen LogP) is 3.83. The fourth-order valence-electron chi connectivity index (χ4n) is 2.08. The molecule has 0 aromatic heterocycles. The van der Waals surface area contributed by atoms with Crippen LogP contribution in [0.2, 0.25) is 0 Å². The Bertz CT molecular complexity index is 632. The van der Waals surface area contributed by atoms with Crippen molar-refractivity contribution in [2.45, 2.75) is 27.4 Å². The molecule has 0 fully saturated rings. The minimum absolute atomic E-state index is 0.419. The maximum absolute atomic E-state index is 5.92. The molecule has 0 amide bonds. The molecule has 104 valence electrons. The van der Waals surface area contributed by atoms with Crippen molar-refractivity contribution in [1.29, 1.82) is 0 Å². The molecule has 3 heteroatoms. The highest BCUT2D eigenvalue weighted by atomic mass is 32.1. The van der Waals surface area contributed by atoms with Crippen LogP contribution in [0.4, 0.5) is 0 Å². The van der Waals surface area contributed by atoms with E-state index in [-0.39, 0.29) is 0 Å². The van der Waals surface area contributed by atoms with Gasteiger partial charge in [0.15, 0.2) is 0 Å². The van der Waals surface area contributed by atoms with Crippen molar-refractivity contribution in [2.75, 3.05) is 0 Å². The molecule has 0 unspecified atom stereocenters. The lowest BCUT2D eigenvalue weighted by Gasteiger charge is -2.12. The van der Waals surface area contributed by atoms with Crippen LogP contribution in [0.25, 0.3) is 0 Å². The van der Waals surface area contributed by atoms with E-state index >= 15 is 0 Å². The topological polar surface area (TPSA) is 35.2 Å². The summed E-state index contributed by atoms with van der Waals surface area (Å²) in [6.07, 6.45) is 0. The zero-order chi connectivity index (χ0) is 14.7. The fourth-order valence-corrected chi connectivity index (χ4v) is 2.21. The van der Waals surface area contributed by atoms with E-state index in [1.165, 1.54) is 16.7 Å². The number of aryl methyl sites for hydroxylation is 2. The first-order valence-corrected chi connectivity index (χ1v) is 6.97. The molecule has 0 atom stereocenters. The molecule has 0 saturated carbocycles. The second-order valence-corrected chi connectivity index (χ2v) is 5.49. The van der Waals surface area contributed by atoms with E-state index in [2.05, 4.69) is 32.9 Å². The molecule has 2 aromatic carbocycles. The maximum atomic E-state index is 5.92. The Balaban J connectivity index is 2.11. The standard InChI is InChI=1S/C17H19NOS/c1-11-8-12(2)13(3)16(9-11)19-10-14-4-6-15(7-5-14)17(18)20/h4-9H,10H2,1-3H3,(H2,18,20). The van der Waals surface area contributed by atoms with Gasteiger partial charge in [0.2, 0.25) is 0 Å². The van der Waals surface area contributed by atoms with E-state index in [9.17, 15) is 0 Å². The van der Waals surface area contributed by atoms with Crippen LogP contribution in [0.3, 0.4) is 0 Å². The average Bonchev–Trinajstić information content (AvgIpc) is 2.41. The van der Waals surface area contributed by atoms with Gasteiger partial charge in [-0.3, -0.25) is 0 Å². The number of benzene rings is 2. The number of thiocarbonyl (C=S) groups is 1. The quantitative estimate of drug-likeness (QED) is 0.867. The average molecular weight is 285 g/mol. The summed E-state index contributed by atoms with van der Waals surface area (Å²) in [7, 11) is 0. The summed E-state index contributed by atoms with van der Waals surface area (Å²) >= 11 is 4.94. The van der Waals surface area contributed by atoms with E-state index in [4.69, 9.17) is 22.7 Å². The monoisotopic (exact) mass is 285 g/mol. The fraction of sp³-hybridized carbons (Fsp3) is 0.235. The summed E-state index contributed by atoms with van der Waals surface area (Å²) in [6.45, 7) is 6.81. The molecule has 0 aliphatic rings. The molecule has 0 aliphatic heterocycles. The minimum atomic E-state index is 0.419. The number of ether oxygens (including phenoxy) is 1. The van der Waals surface area contributed by atoms with E-state index in [0.29, 0.717) is 11.6 Å². The molecule has 2 aromatic rings. The molecular weight excluding hydrogens is 266 g/mol. The van der Waals surface area contributed by atoms with Crippen LogP contribution in [0, 0.1) is 20.8 Å². The second kappa shape index (κ2) is 6.06. The third-order valence-corrected chi connectivity index (χ3v) is 3.63. The number of hydrogen-bond donors (Lipinski definition) is 1. The summed E-state index contributed by atoms with van der Waals surface area (Å²) in [6, 6.07) is 12.1. The van der Waals surface area contributed by atoms with Gasteiger partial charge >= 0.3 is 0 Å². The molecule has 2 N–H and O–H groups in total. The third-order valence-electron chi connectivity index (χ3n) is 3.40. The molecular formula is C17H19NOS. The number of hydrogen-bond acceptors (Lipinski definition) is 2. The van der Waals surface area contributed by atoms with E-state index in [1.54, 1.807) is 0 Å². The van der Waals surface area contributed by atoms with Crippen LogP contribution in [-0.2, 0) is 6.61 Å². The van der Waals surface area contributed by atoms with Gasteiger partial charge in [-0.1, -0.05) is 42.5 Å². The van der Waals surface area contributed by atoms with Crippen LogP contribution >= 0.6 is 12.2 Å². The summed E-state index contributed by atoms with van der Waals surface area (Å²) in [5, 5.41) is 0. The first-order valence-electron chi connectivity index (χ1n) is 6.57. The smallest absolute Gasteiger partial charge is 0.123 e. The maximum Gasteiger partial charge on any atom is 0.123 e. The van der Waals surface area contributed by atoms with Crippen molar-refractivity contribution in [2.24, 2.45) is 5.73 Å². The van der Waals surface area contributed by atoms with Crippen molar-refractivity contribution in [3.8, 4) is 5.75 Å². The van der Waals surface area contributed by atoms with Crippen LogP contribution in [0.15, 0.2) is 36.4 Å². The minimum Gasteiger partial charge on any atom is -0.489 e. The van der Waals surface area contributed by atoms with Crippen LogP contribution in [-0.4, -0.2) is 4.99 Å². The Morgan fingerprint density at radius 2 is 1.75 bits per heavy atom. The lowest BCUT2D eigenvalue weighted by molar-refractivity contribution is 0.303. The van der Waals surface area contributed by atoms with E-state index in [1.807, 2.05) is 24.3 Å².